The maximum absolute atomic E-state index is 11.6. The molecule has 7 nitrogen and oxygen atoms in total. The van der Waals surface area contributed by atoms with Crippen LogP contribution >= 0.6 is 0 Å². The standard InChI is InChI=1S/C10H12N4O3/c1-2-12-7-13(6-9(12)15)10-8(14(16)17)4-3-5-11-10/h3-5H,2,6-7H2,1H3. The van der Waals surface area contributed by atoms with Crippen LogP contribution in [0, 0.1) is 10.1 Å². The Bertz CT molecular complexity index is 463. The van der Waals surface area contributed by atoms with E-state index in [4.69, 9.17) is 0 Å². The first-order chi connectivity index (χ1) is 8.13. The fourth-order valence-corrected chi connectivity index (χ4v) is 1.79. The summed E-state index contributed by atoms with van der Waals surface area (Å²) in [7, 11) is 0. The monoisotopic (exact) mass is 236 g/mol. The van der Waals surface area contributed by atoms with Crippen molar-refractivity contribution >= 4 is 17.4 Å². The Labute approximate surface area is 97.8 Å². The van der Waals surface area contributed by atoms with Gasteiger partial charge in [0.2, 0.25) is 11.7 Å². The third-order valence-corrected chi connectivity index (χ3v) is 2.66. The summed E-state index contributed by atoms with van der Waals surface area (Å²) in [5, 5.41) is 10.9. The van der Waals surface area contributed by atoms with E-state index in [1.807, 2.05) is 6.92 Å². The van der Waals surface area contributed by atoms with Gasteiger partial charge in [0.15, 0.2) is 0 Å². The molecule has 0 radical (unpaired) electrons. The van der Waals surface area contributed by atoms with E-state index in [1.165, 1.54) is 18.3 Å². The molecule has 90 valence electrons. The number of pyridine rings is 1. The third kappa shape index (κ3) is 2.03. The lowest BCUT2D eigenvalue weighted by Crippen LogP contribution is -2.27. The number of nitro groups is 1. The molecule has 0 N–H and O–H groups in total. The van der Waals surface area contributed by atoms with Crippen LogP contribution in [0.4, 0.5) is 11.5 Å². The number of hydrogen-bond donors (Lipinski definition) is 0. The van der Waals surface area contributed by atoms with Gasteiger partial charge >= 0.3 is 5.69 Å². The molecule has 17 heavy (non-hydrogen) atoms. The van der Waals surface area contributed by atoms with Crippen molar-refractivity contribution in [2.75, 3.05) is 24.7 Å². The van der Waals surface area contributed by atoms with Crippen molar-refractivity contribution in [2.45, 2.75) is 6.92 Å². The van der Waals surface area contributed by atoms with Gasteiger partial charge in [-0.05, 0) is 13.0 Å². The zero-order valence-electron chi connectivity index (χ0n) is 9.37. The van der Waals surface area contributed by atoms with Gasteiger partial charge in [-0.1, -0.05) is 0 Å². The predicted octanol–water partition coefficient (Wildman–Crippen LogP) is 0.616. The molecule has 2 rings (SSSR count). The smallest absolute Gasteiger partial charge is 0.311 e. The quantitative estimate of drug-likeness (QED) is 0.567. The first kappa shape index (κ1) is 11.3. The van der Waals surface area contributed by atoms with E-state index in [2.05, 4.69) is 4.98 Å². The van der Waals surface area contributed by atoms with E-state index in [9.17, 15) is 14.9 Å². The second kappa shape index (κ2) is 4.36. The lowest BCUT2D eigenvalue weighted by atomic mass is 10.3. The maximum Gasteiger partial charge on any atom is 0.311 e. The summed E-state index contributed by atoms with van der Waals surface area (Å²) in [5.74, 6) is 0.217. The van der Waals surface area contributed by atoms with E-state index >= 15 is 0 Å². The highest BCUT2D eigenvalue weighted by atomic mass is 16.6. The summed E-state index contributed by atoms with van der Waals surface area (Å²) >= 11 is 0. The Hall–Kier alpha value is -2.18. The molecule has 0 bridgehead atoms. The van der Waals surface area contributed by atoms with Crippen molar-refractivity contribution in [3.05, 3.63) is 28.4 Å². The zero-order valence-corrected chi connectivity index (χ0v) is 9.37. The van der Waals surface area contributed by atoms with Crippen LogP contribution < -0.4 is 4.90 Å². The molecule has 1 fully saturated rings. The minimum atomic E-state index is -0.485. The predicted molar refractivity (Wildman–Crippen MR) is 60.5 cm³/mol. The van der Waals surface area contributed by atoms with Crippen LogP contribution in [0.2, 0.25) is 0 Å². The minimum Gasteiger partial charge on any atom is -0.324 e. The Morgan fingerprint density at radius 2 is 2.35 bits per heavy atom. The normalized spacial score (nSPS) is 15.5. The number of carbonyl (C=O) groups excluding carboxylic acids is 1. The molecule has 1 aromatic rings. The number of anilines is 1. The van der Waals surface area contributed by atoms with E-state index < -0.39 is 4.92 Å². The Kier molecular flexibility index (Phi) is 2.90. The van der Waals surface area contributed by atoms with Crippen LogP contribution in [0.25, 0.3) is 0 Å². The van der Waals surface area contributed by atoms with Gasteiger partial charge in [-0.3, -0.25) is 14.9 Å². The highest BCUT2D eigenvalue weighted by Gasteiger charge is 2.31. The molecule has 0 aromatic carbocycles. The van der Waals surface area contributed by atoms with Gasteiger partial charge < -0.3 is 9.80 Å². The lowest BCUT2D eigenvalue weighted by Gasteiger charge is -2.16. The van der Waals surface area contributed by atoms with Gasteiger partial charge in [0, 0.05) is 18.8 Å². The Morgan fingerprint density at radius 1 is 1.59 bits per heavy atom. The van der Waals surface area contributed by atoms with Crippen molar-refractivity contribution in [1.82, 2.24) is 9.88 Å². The average molecular weight is 236 g/mol. The molecule has 0 spiro atoms. The SMILES string of the molecule is CCN1CN(c2ncccc2[N+](=O)[O-])CC1=O. The van der Waals surface area contributed by atoms with E-state index in [-0.39, 0.29) is 24.0 Å². The Balaban J connectivity index is 2.30. The molecule has 1 aliphatic rings. The highest BCUT2D eigenvalue weighted by molar-refractivity contribution is 5.85. The van der Waals surface area contributed by atoms with Crippen molar-refractivity contribution in [3.63, 3.8) is 0 Å². The van der Waals surface area contributed by atoms with Crippen LogP contribution in [-0.2, 0) is 4.79 Å². The molecule has 0 aliphatic carbocycles. The van der Waals surface area contributed by atoms with Gasteiger partial charge in [0.25, 0.3) is 0 Å². The minimum absolute atomic E-state index is 0.0348. The summed E-state index contributed by atoms with van der Waals surface area (Å²) in [6, 6.07) is 2.90. The number of likely N-dealkylation sites (N-methyl/N-ethyl adjacent to an activating group) is 1. The summed E-state index contributed by atoms with van der Waals surface area (Å²) < 4.78 is 0. The van der Waals surface area contributed by atoms with Gasteiger partial charge in [-0.15, -0.1) is 0 Å². The van der Waals surface area contributed by atoms with Gasteiger partial charge in [0.1, 0.15) is 6.54 Å². The molecule has 0 saturated carbocycles. The molecular formula is C10H12N4O3. The first-order valence-electron chi connectivity index (χ1n) is 5.25. The second-order valence-electron chi connectivity index (χ2n) is 3.69. The van der Waals surface area contributed by atoms with Crippen molar-refractivity contribution in [3.8, 4) is 0 Å². The average Bonchev–Trinajstić information content (AvgIpc) is 2.70. The summed E-state index contributed by atoms with van der Waals surface area (Å²) in [4.78, 5) is 29.2. The van der Waals surface area contributed by atoms with Crippen LogP contribution in [0.3, 0.4) is 0 Å². The highest BCUT2D eigenvalue weighted by Crippen LogP contribution is 2.26. The largest absolute Gasteiger partial charge is 0.324 e. The van der Waals surface area contributed by atoms with Gasteiger partial charge in [-0.25, -0.2) is 4.98 Å². The van der Waals surface area contributed by atoms with Crippen LogP contribution in [-0.4, -0.2) is 40.5 Å². The molecule has 2 heterocycles. The third-order valence-electron chi connectivity index (χ3n) is 2.66. The molecular weight excluding hydrogens is 224 g/mol. The molecule has 1 aliphatic heterocycles. The summed E-state index contributed by atoms with van der Waals surface area (Å²) in [6.07, 6.45) is 1.49. The Morgan fingerprint density at radius 3 is 2.94 bits per heavy atom. The molecule has 7 heteroatoms. The first-order valence-corrected chi connectivity index (χ1v) is 5.25. The number of aromatic nitrogens is 1. The zero-order chi connectivity index (χ0) is 12.4. The molecule has 0 unspecified atom stereocenters. The van der Waals surface area contributed by atoms with Crippen molar-refractivity contribution in [2.24, 2.45) is 0 Å². The molecule has 1 saturated heterocycles. The van der Waals surface area contributed by atoms with Crippen LogP contribution in [0.15, 0.2) is 18.3 Å². The number of amides is 1. The topological polar surface area (TPSA) is 79.6 Å². The van der Waals surface area contributed by atoms with Crippen LogP contribution in [0.1, 0.15) is 6.92 Å². The van der Waals surface area contributed by atoms with E-state index in [0.717, 1.165) is 0 Å². The maximum atomic E-state index is 11.6. The van der Waals surface area contributed by atoms with E-state index in [1.54, 1.807) is 9.80 Å². The van der Waals surface area contributed by atoms with Crippen LogP contribution in [0.5, 0.6) is 0 Å². The number of hydrogen-bond acceptors (Lipinski definition) is 5. The van der Waals surface area contributed by atoms with Crippen molar-refractivity contribution < 1.29 is 9.72 Å². The summed E-state index contributed by atoms with van der Waals surface area (Å²) in [5.41, 5.74) is -0.0711. The fourth-order valence-electron chi connectivity index (χ4n) is 1.79. The van der Waals surface area contributed by atoms with Gasteiger partial charge in [0.05, 0.1) is 11.6 Å². The fraction of sp³-hybridized carbons (Fsp3) is 0.400. The number of rotatable bonds is 3. The molecule has 1 amide bonds. The second-order valence-corrected chi connectivity index (χ2v) is 3.69. The number of carbonyl (C=O) groups is 1. The van der Waals surface area contributed by atoms with E-state index in [0.29, 0.717) is 13.2 Å². The van der Waals surface area contributed by atoms with Crippen molar-refractivity contribution in [1.29, 1.82) is 0 Å². The molecule has 1 aromatic heterocycles. The lowest BCUT2D eigenvalue weighted by molar-refractivity contribution is -0.384. The summed E-state index contributed by atoms with van der Waals surface area (Å²) in [6.45, 7) is 2.96. The van der Waals surface area contributed by atoms with Gasteiger partial charge in [-0.2, -0.15) is 0 Å². The number of nitrogens with zero attached hydrogens (tertiary/aromatic N) is 4. The molecule has 0 atom stereocenters.